The highest BCUT2D eigenvalue weighted by atomic mass is 32.1. The number of hydrogen-bond acceptors (Lipinski definition) is 7. The first-order valence-corrected chi connectivity index (χ1v) is 10.8. The molecule has 0 atom stereocenters. The summed E-state index contributed by atoms with van der Waals surface area (Å²) in [7, 11) is 2.14. The zero-order valence-electron chi connectivity index (χ0n) is 16.7. The molecule has 1 aromatic carbocycles. The summed E-state index contributed by atoms with van der Waals surface area (Å²) in [6, 6.07) is 5.63. The fourth-order valence-electron chi connectivity index (χ4n) is 3.81. The maximum absolute atomic E-state index is 13.1. The van der Waals surface area contributed by atoms with Crippen molar-refractivity contribution in [2.75, 3.05) is 44.7 Å². The predicted octanol–water partition coefficient (Wildman–Crippen LogP) is 1.95. The van der Waals surface area contributed by atoms with Gasteiger partial charge >= 0.3 is 0 Å². The topological polar surface area (TPSA) is 70.4 Å². The maximum atomic E-state index is 13.1. The van der Waals surface area contributed by atoms with Crippen LogP contribution in [0.5, 0.6) is 0 Å². The zero-order valence-corrected chi connectivity index (χ0v) is 17.5. The number of amides is 1. The number of aromatic nitrogens is 4. The maximum Gasteiger partial charge on any atom is 0.254 e. The molecule has 0 radical (unpaired) electrons. The summed E-state index contributed by atoms with van der Waals surface area (Å²) in [4.78, 5) is 23.9. The number of thiazole rings is 1. The number of carbonyl (C=O) groups is 1. The van der Waals surface area contributed by atoms with E-state index in [1.165, 1.54) is 24.3 Å². The van der Waals surface area contributed by atoms with Crippen molar-refractivity contribution in [1.29, 1.82) is 0 Å². The van der Waals surface area contributed by atoms with Gasteiger partial charge in [-0.3, -0.25) is 4.79 Å². The Hall–Kier alpha value is -2.85. The molecule has 2 aromatic heterocycles. The second kappa shape index (κ2) is 7.77. The van der Waals surface area contributed by atoms with Gasteiger partial charge in [-0.2, -0.15) is 0 Å². The van der Waals surface area contributed by atoms with Gasteiger partial charge in [-0.25, -0.2) is 9.37 Å². The molecule has 1 saturated heterocycles. The summed E-state index contributed by atoms with van der Waals surface area (Å²) in [5.41, 5.74) is 1.30. The molecular weight excluding hydrogens is 405 g/mol. The monoisotopic (exact) mass is 427 g/mol. The standard InChI is InChI=1S/C20H22FN7OS/c1-25-6-8-26(9-7-25)20-22-16(13-30-20)18-24-23-17-12-27(10-11-28(17)18)19(29)14-2-4-15(21)5-3-14/h2-5,13H,6-12H2,1H3. The molecule has 10 heteroatoms. The van der Waals surface area contributed by atoms with Crippen molar-refractivity contribution in [3.63, 3.8) is 0 Å². The highest BCUT2D eigenvalue weighted by Gasteiger charge is 2.27. The van der Waals surface area contributed by atoms with Crippen LogP contribution in [0, 0.1) is 5.82 Å². The van der Waals surface area contributed by atoms with Gasteiger partial charge in [0, 0.05) is 50.2 Å². The normalized spacial score (nSPS) is 17.3. The Balaban J connectivity index is 1.32. The number of likely N-dealkylation sites (N-methyl/N-ethyl adjacent to an activating group) is 1. The second-order valence-corrected chi connectivity index (χ2v) is 8.47. The number of fused-ring (bicyclic) bond motifs is 1. The van der Waals surface area contributed by atoms with Crippen LogP contribution in [0.2, 0.25) is 0 Å². The van der Waals surface area contributed by atoms with Crippen molar-refractivity contribution in [2.24, 2.45) is 0 Å². The predicted molar refractivity (Wildman–Crippen MR) is 112 cm³/mol. The lowest BCUT2D eigenvalue weighted by Gasteiger charge is -2.32. The number of rotatable bonds is 3. The average Bonchev–Trinajstić information content (AvgIpc) is 3.41. The number of halogens is 1. The highest BCUT2D eigenvalue weighted by molar-refractivity contribution is 7.14. The van der Waals surface area contributed by atoms with Gasteiger partial charge in [0.1, 0.15) is 11.5 Å². The fraction of sp³-hybridized carbons (Fsp3) is 0.400. The third kappa shape index (κ3) is 3.56. The van der Waals surface area contributed by atoms with Crippen LogP contribution in [-0.4, -0.2) is 75.2 Å². The van der Waals surface area contributed by atoms with E-state index < -0.39 is 0 Å². The lowest BCUT2D eigenvalue weighted by molar-refractivity contribution is 0.0708. The van der Waals surface area contributed by atoms with Gasteiger partial charge in [-0.05, 0) is 31.3 Å². The van der Waals surface area contributed by atoms with Gasteiger partial charge in [0.15, 0.2) is 16.8 Å². The van der Waals surface area contributed by atoms with E-state index in [9.17, 15) is 9.18 Å². The van der Waals surface area contributed by atoms with Gasteiger partial charge in [-0.1, -0.05) is 0 Å². The summed E-state index contributed by atoms with van der Waals surface area (Å²) in [5.74, 6) is 1.00. The fourth-order valence-corrected chi connectivity index (χ4v) is 4.66. The lowest BCUT2D eigenvalue weighted by atomic mass is 10.2. The second-order valence-electron chi connectivity index (χ2n) is 7.63. The van der Waals surface area contributed by atoms with E-state index in [0.29, 0.717) is 25.2 Å². The number of piperazine rings is 1. The van der Waals surface area contributed by atoms with Crippen LogP contribution in [0.3, 0.4) is 0 Å². The highest BCUT2D eigenvalue weighted by Crippen LogP contribution is 2.28. The molecule has 5 rings (SSSR count). The largest absolute Gasteiger partial charge is 0.346 e. The molecule has 30 heavy (non-hydrogen) atoms. The third-order valence-electron chi connectivity index (χ3n) is 5.63. The summed E-state index contributed by atoms with van der Waals surface area (Å²) < 4.78 is 15.2. The molecule has 0 unspecified atom stereocenters. The van der Waals surface area contributed by atoms with E-state index >= 15 is 0 Å². The minimum atomic E-state index is -0.353. The van der Waals surface area contributed by atoms with E-state index in [0.717, 1.165) is 48.7 Å². The first-order valence-electron chi connectivity index (χ1n) is 9.95. The number of hydrogen-bond donors (Lipinski definition) is 0. The smallest absolute Gasteiger partial charge is 0.254 e. The Bertz CT molecular complexity index is 1060. The van der Waals surface area contributed by atoms with Gasteiger partial charge in [0.25, 0.3) is 5.91 Å². The quantitative estimate of drug-likeness (QED) is 0.636. The third-order valence-corrected chi connectivity index (χ3v) is 6.53. The van der Waals surface area contributed by atoms with Crippen LogP contribution in [0.1, 0.15) is 16.2 Å². The molecule has 0 N–H and O–H groups in total. The summed E-state index contributed by atoms with van der Waals surface area (Å²) in [5, 5.41) is 11.7. The molecule has 4 heterocycles. The molecule has 8 nitrogen and oxygen atoms in total. The molecule has 0 bridgehead atoms. The molecular formula is C20H22FN7OS. The Morgan fingerprint density at radius 1 is 1.03 bits per heavy atom. The van der Waals surface area contributed by atoms with Crippen LogP contribution in [-0.2, 0) is 13.1 Å². The number of benzene rings is 1. The Kier molecular flexibility index (Phi) is 4.95. The van der Waals surface area contributed by atoms with Crippen molar-refractivity contribution in [2.45, 2.75) is 13.1 Å². The molecule has 0 saturated carbocycles. The van der Waals surface area contributed by atoms with E-state index in [2.05, 4.69) is 27.0 Å². The Labute approximate surface area is 177 Å². The van der Waals surface area contributed by atoms with E-state index in [-0.39, 0.29) is 11.7 Å². The van der Waals surface area contributed by atoms with Crippen LogP contribution >= 0.6 is 11.3 Å². The van der Waals surface area contributed by atoms with Crippen LogP contribution in [0.4, 0.5) is 9.52 Å². The number of anilines is 1. The lowest BCUT2D eigenvalue weighted by Crippen LogP contribution is -2.44. The molecule has 1 fully saturated rings. The van der Waals surface area contributed by atoms with E-state index in [1.54, 1.807) is 16.2 Å². The molecule has 1 amide bonds. The molecule has 156 valence electrons. The van der Waals surface area contributed by atoms with Gasteiger partial charge in [0.05, 0.1) is 6.54 Å². The summed E-state index contributed by atoms with van der Waals surface area (Å²) in [6.07, 6.45) is 0. The summed E-state index contributed by atoms with van der Waals surface area (Å²) >= 11 is 1.63. The minimum Gasteiger partial charge on any atom is -0.346 e. The molecule has 0 spiro atoms. The zero-order chi connectivity index (χ0) is 20.7. The summed E-state index contributed by atoms with van der Waals surface area (Å²) in [6.45, 7) is 5.54. The van der Waals surface area contributed by atoms with Gasteiger partial charge < -0.3 is 19.3 Å². The van der Waals surface area contributed by atoms with E-state index in [1.807, 2.05) is 9.95 Å². The SMILES string of the molecule is CN1CCN(c2nc(-c3nnc4n3CCN(C(=O)c3ccc(F)cc3)C4)cs2)CC1. The van der Waals surface area contributed by atoms with Crippen molar-refractivity contribution in [3.8, 4) is 11.5 Å². The Morgan fingerprint density at radius 2 is 1.80 bits per heavy atom. The number of carbonyl (C=O) groups excluding carboxylic acids is 1. The molecule has 3 aromatic rings. The van der Waals surface area contributed by atoms with E-state index in [4.69, 9.17) is 4.98 Å². The van der Waals surface area contributed by atoms with Gasteiger partial charge in [-0.15, -0.1) is 21.5 Å². The van der Waals surface area contributed by atoms with Gasteiger partial charge in [0.2, 0.25) is 0 Å². The van der Waals surface area contributed by atoms with Crippen molar-refractivity contribution in [3.05, 3.63) is 46.9 Å². The van der Waals surface area contributed by atoms with Crippen LogP contribution in [0.25, 0.3) is 11.5 Å². The minimum absolute atomic E-state index is 0.128. The first kappa shape index (κ1) is 19.1. The molecule has 0 aliphatic carbocycles. The average molecular weight is 428 g/mol. The number of nitrogens with zero attached hydrogens (tertiary/aromatic N) is 7. The van der Waals surface area contributed by atoms with Crippen LogP contribution < -0.4 is 4.90 Å². The first-order chi connectivity index (χ1) is 14.6. The van der Waals surface area contributed by atoms with Crippen LogP contribution in [0.15, 0.2) is 29.6 Å². The Morgan fingerprint density at radius 3 is 2.57 bits per heavy atom. The van der Waals surface area contributed by atoms with Crippen molar-refractivity contribution in [1.82, 2.24) is 29.5 Å². The van der Waals surface area contributed by atoms with Crippen molar-refractivity contribution < 1.29 is 9.18 Å². The molecule has 2 aliphatic heterocycles. The van der Waals surface area contributed by atoms with Crippen molar-refractivity contribution >= 4 is 22.4 Å². The molecule has 2 aliphatic rings.